The van der Waals surface area contributed by atoms with Crippen LogP contribution in [-0.2, 0) is 0 Å². The Morgan fingerprint density at radius 1 is 1.37 bits per heavy atom. The summed E-state index contributed by atoms with van der Waals surface area (Å²) >= 11 is 11.8. The molecule has 0 saturated carbocycles. The number of hydrogen-bond donors (Lipinski definition) is 2. The van der Waals surface area contributed by atoms with Crippen LogP contribution >= 0.6 is 23.2 Å². The molecule has 19 heavy (non-hydrogen) atoms. The first-order valence-electron chi connectivity index (χ1n) is 6.10. The molecule has 108 valence electrons. The number of rotatable bonds is 8. The van der Waals surface area contributed by atoms with E-state index < -0.39 is 6.10 Å². The van der Waals surface area contributed by atoms with Crippen molar-refractivity contribution < 1.29 is 9.84 Å². The fraction of sp³-hybridized carbons (Fsp3) is 0.538. The third-order valence-electron chi connectivity index (χ3n) is 2.44. The van der Waals surface area contributed by atoms with Gasteiger partial charge in [0.15, 0.2) is 0 Å². The summed E-state index contributed by atoms with van der Waals surface area (Å²) in [7, 11) is 4.00. The summed E-state index contributed by atoms with van der Waals surface area (Å²) in [5.41, 5.74) is 0. The minimum atomic E-state index is -0.586. The lowest BCUT2D eigenvalue weighted by Gasteiger charge is -2.15. The number of nitrogens with zero attached hydrogens (tertiary/aromatic N) is 1. The van der Waals surface area contributed by atoms with E-state index in [4.69, 9.17) is 27.9 Å². The summed E-state index contributed by atoms with van der Waals surface area (Å²) < 4.78 is 5.44. The van der Waals surface area contributed by atoms with Crippen molar-refractivity contribution in [3.63, 3.8) is 0 Å². The summed E-state index contributed by atoms with van der Waals surface area (Å²) in [6.07, 6.45) is -0.586. The molecule has 0 amide bonds. The number of nitrogens with one attached hydrogen (secondary N) is 1. The van der Waals surface area contributed by atoms with Gasteiger partial charge in [0.25, 0.3) is 0 Å². The predicted octanol–water partition coefficient (Wildman–Crippen LogP) is 1.88. The second kappa shape index (κ2) is 8.61. The third-order valence-corrected chi connectivity index (χ3v) is 2.99. The van der Waals surface area contributed by atoms with Crippen LogP contribution in [0.3, 0.4) is 0 Å². The molecule has 1 rings (SSSR count). The van der Waals surface area contributed by atoms with Gasteiger partial charge in [-0.15, -0.1) is 0 Å². The van der Waals surface area contributed by atoms with E-state index in [1.165, 1.54) is 0 Å². The van der Waals surface area contributed by atoms with E-state index in [0.29, 0.717) is 22.3 Å². The maximum absolute atomic E-state index is 9.76. The molecule has 1 unspecified atom stereocenters. The van der Waals surface area contributed by atoms with Crippen molar-refractivity contribution in [3.8, 4) is 5.75 Å². The van der Waals surface area contributed by atoms with Gasteiger partial charge >= 0.3 is 0 Å². The molecule has 0 bridgehead atoms. The van der Waals surface area contributed by atoms with Gasteiger partial charge < -0.3 is 20.1 Å². The minimum absolute atomic E-state index is 0.176. The minimum Gasteiger partial charge on any atom is -0.489 e. The fourth-order valence-electron chi connectivity index (χ4n) is 1.40. The number of ether oxygens (including phenoxy) is 1. The predicted molar refractivity (Wildman–Crippen MR) is 79.4 cm³/mol. The Balaban J connectivity index is 2.26. The molecule has 0 radical (unpaired) electrons. The maximum atomic E-state index is 9.76. The molecule has 1 atom stereocenters. The lowest BCUT2D eigenvalue weighted by Crippen LogP contribution is -2.35. The monoisotopic (exact) mass is 306 g/mol. The lowest BCUT2D eigenvalue weighted by molar-refractivity contribution is 0.106. The zero-order valence-corrected chi connectivity index (χ0v) is 12.7. The van der Waals surface area contributed by atoms with Gasteiger partial charge in [0.2, 0.25) is 0 Å². The Morgan fingerprint density at radius 3 is 2.79 bits per heavy atom. The molecule has 1 aromatic rings. The fourth-order valence-corrected chi connectivity index (χ4v) is 1.74. The average Bonchev–Trinajstić information content (AvgIpc) is 2.35. The van der Waals surface area contributed by atoms with E-state index in [0.717, 1.165) is 13.1 Å². The van der Waals surface area contributed by atoms with Gasteiger partial charge in [0, 0.05) is 30.7 Å². The molecule has 0 saturated heterocycles. The van der Waals surface area contributed by atoms with E-state index in [1.807, 2.05) is 14.1 Å². The molecule has 2 N–H and O–H groups in total. The van der Waals surface area contributed by atoms with Gasteiger partial charge in [-0.05, 0) is 26.2 Å². The number of aliphatic hydroxyl groups excluding tert-OH is 1. The standard InChI is InChI=1S/C13H20Cl2N2O2/c1-17(2)6-5-16-8-11(18)9-19-13-7-10(14)3-4-12(13)15/h3-4,7,11,16,18H,5-6,8-9H2,1-2H3. The zero-order chi connectivity index (χ0) is 14.3. The highest BCUT2D eigenvalue weighted by atomic mass is 35.5. The summed E-state index contributed by atoms with van der Waals surface area (Å²) in [6.45, 7) is 2.40. The van der Waals surface area contributed by atoms with Crippen LogP contribution in [-0.4, -0.2) is 56.4 Å². The molecular formula is C13H20Cl2N2O2. The molecule has 0 spiro atoms. The molecule has 0 aromatic heterocycles. The van der Waals surface area contributed by atoms with E-state index in [9.17, 15) is 5.11 Å². The molecule has 0 aliphatic heterocycles. The molecule has 0 heterocycles. The van der Waals surface area contributed by atoms with Crippen molar-refractivity contribution in [1.29, 1.82) is 0 Å². The molecular weight excluding hydrogens is 287 g/mol. The van der Waals surface area contributed by atoms with Crippen LogP contribution in [0.5, 0.6) is 5.75 Å². The second-order valence-electron chi connectivity index (χ2n) is 4.55. The highest BCUT2D eigenvalue weighted by Gasteiger charge is 2.07. The largest absolute Gasteiger partial charge is 0.489 e. The van der Waals surface area contributed by atoms with Gasteiger partial charge in [0.1, 0.15) is 18.5 Å². The summed E-state index contributed by atoms with van der Waals surface area (Å²) in [5.74, 6) is 0.488. The first-order chi connectivity index (χ1) is 8.99. The first-order valence-corrected chi connectivity index (χ1v) is 6.86. The van der Waals surface area contributed by atoms with Crippen molar-refractivity contribution in [2.45, 2.75) is 6.10 Å². The molecule has 0 aliphatic rings. The Bertz CT molecular complexity index is 389. The topological polar surface area (TPSA) is 44.7 Å². The molecule has 0 aliphatic carbocycles. The van der Waals surface area contributed by atoms with Gasteiger partial charge in [-0.3, -0.25) is 0 Å². The van der Waals surface area contributed by atoms with Gasteiger partial charge in [-0.1, -0.05) is 23.2 Å². The number of hydrogen-bond acceptors (Lipinski definition) is 4. The molecule has 1 aromatic carbocycles. The molecule has 0 fully saturated rings. The van der Waals surface area contributed by atoms with Crippen molar-refractivity contribution in [3.05, 3.63) is 28.2 Å². The van der Waals surface area contributed by atoms with Crippen LogP contribution in [0.15, 0.2) is 18.2 Å². The van der Waals surface area contributed by atoms with E-state index >= 15 is 0 Å². The van der Waals surface area contributed by atoms with Gasteiger partial charge in [0.05, 0.1) is 5.02 Å². The number of aliphatic hydroxyl groups is 1. The third kappa shape index (κ3) is 6.99. The highest BCUT2D eigenvalue weighted by Crippen LogP contribution is 2.27. The van der Waals surface area contributed by atoms with Crippen LogP contribution in [0.1, 0.15) is 0 Å². The van der Waals surface area contributed by atoms with E-state index in [1.54, 1.807) is 18.2 Å². The Morgan fingerprint density at radius 2 is 2.11 bits per heavy atom. The SMILES string of the molecule is CN(C)CCNCC(O)COc1cc(Cl)ccc1Cl. The number of halogens is 2. The average molecular weight is 307 g/mol. The smallest absolute Gasteiger partial charge is 0.139 e. The van der Waals surface area contributed by atoms with Crippen LogP contribution in [0.2, 0.25) is 10.0 Å². The first kappa shape index (κ1) is 16.5. The van der Waals surface area contributed by atoms with Crippen molar-refractivity contribution in [2.24, 2.45) is 0 Å². The molecule has 4 nitrogen and oxygen atoms in total. The van der Waals surface area contributed by atoms with Gasteiger partial charge in [-0.2, -0.15) is 0 Å². The second-order valence-corrected chi connectivity index (χ2v) is 5.39. The van der Waals surface area contributed by atoms with Crippen LogP contribution < -0.4 is 10.1 Å². The maximum Gasteiger partial charge on any atom is 0.139 e. The lowest BCUT2D eigenvalue weighted by atomic mass is 10.3. The normalized spacial score (nSPS) is 12.7. The quantitative estimate of drug-likeness (QED) is 0.720. The van der Waals surface area contributed by atoms with Crippen LogP contribution in [0.4, 0.5) is 0 Å². The van der Waals surface area contributed by atoms with Crippen molar-refractivity contribution in [1.82, 2.24) is 10.2 Å². The zero-order valence-electron chi connectivity index (χ0n) is 11.2. The highest BCUT2D eigenvalue weighted by molar-refractivity contribution is 6.34. The van der Waals surface area contributed by atoms with Crippen LogP contribution in [0, 0.1) is 0 Å². The summed E-state index contributed by atoms with van der Waals surface area (Å²) in [4.78, 5) is 2.07. The summed E-state index contributed by atoms with van der Waals surface area (Å²) in [6, 6.07) is 4.99. The van der Waals surface area contributed by atoms with Crippen molar-refractivity contribution >= 4 is 23.2 Å². The Labute approximate surface area is 124 Å². The Hall–Kier alpha value is -0.520. The van der Waals surface area contributed by atoms with Crippen molar-refractivity contribution in [2.75, 3.05) is 40.3 Å². The van der Waals surface area contributed by atoms with E-state index in [-0.39, 0.29) is 6.61 Å². The summed E-state index contributed by atoms with van der Waals surface area (Å²) in [5, 5.41) is 13.9. The van der Waals surface area contributed by atoms with E-state index in [2.05, 4.69) is 10.2 Å². The Kier molecular flexibility index (Phi) is 7.49. The number of benzene rings is 1. The molecule has 6 heteroatoms. The number of likely N-dealkylation sites (N-methyl/N-ethyl adjacent to an activating group) is 1. The van der Waals surface area contributed by atoms with Gasteiger partial charge in [-0.25, -0.2) is 0 Å². The van der Waals surface area contributed by atoms with Crippen LogP contribution in [0.25, 0.3) is 0 Å².